The third kappa shape index (κ3) is 2.15. The fourth-order valence-electron chi connectivity index (χ4n) is 2.75. The molecule has 0 amide bonds. The molecular formula is C18H14O6. The van der Waals surface area contributed by atoms with Gasteiger partial charge in [-0.05, 0) is 38.5 Å². The first-order valence-corrected chi connectivity index (χ1v) is 7.20. The van der Waals surface area contributed by atoms with Gasteiger partial charge in [-0.15, -0.1) is 0 Å². The Morgan fingerprint density at radius 2 is 1.75 bits per heavy atom. The largest absolute Gasteiger partial charge is 0.512 e. The van der Waals surface area contributed by atoms with Gasteiger partial charge in [-0.2, -0.15) is 0 Å². The molecule has 3 rings (SSSR count). The second-order valence-corrected chi connectivity index (χ2v) is 5.71. The number of aliphatic hydroxyl groups is 1. The summed E-state index contributed by atoms with van der Waals surface area (Å²) in [5, 5.41) is 20.6. The summed E-state index contributed by atoms with van der Waals surface area (Å²) < 4.78 is 5.60. The summed E-state index contributed by atoms with van der Waals surface area (Å²) in [5.74, 6) is -0.897. The molecular weight excluding hydrogens is 312 g/mol. The number of aliphatic hydroxyl groups excluding tert-OH is 1. The van der Waals surface area contributed by atoms with Crippen molar-refractivity contribution in [2.24, 2.45) is 0 Å². The Labute approximate surface area is 135 Å². The lowest BCUT2D eigenvalue weighted by Crippen LogP contribution is -2.25. The fraction of sp³-hybridized carbons (Fsp3) is 0.167. The van der Waals surface area contributed by atoms with Gasteiger partial charge in [0.2, 0.25) is 0 Å². The molecule has 1 aromatic heterocycles. The number of carbonyl (C=O) groups is 1. The minimum atomic E-state index is -0.496. The Morgan fingerprint density at radius 1 is 1.08 bits per heavy atom. The lowest BCUT2D eigenvalue weighted by Gasteiger charge is -2.09. The lowest BCUT2D eigenvalue weighted by molar-refractivity contribution is 0.101. The van der Waals surface area contributed by atoms with Crippen LogP contribution in [0.1, 0.15) is 29.8 Å². The zero-order valence-electron chi connectivity index (χ0n) is 13.3. The summed E-state index contributed by atoms with van der Waals surface area (Å²) in [4.78, 5) is 36.1. The van der Waals surface area contributed by atoms with Crippen LogP contribution in [0.15, 0.2) is 32.2 Å². The van der Waals surface area contributed by atoms with Gasteiger partial charge in [-0.1, -0.05) is 0 Å². The monoisotopic (exact) mass is 326 g/mol. The lowest BCUT2D eigenvalue weighted by atomic mass is 10.0. The minimum absolute atomic E-state index is 0.0285. The van der Waals surface area contributed by atoms with E-state index in [-0.39, 0.29) is 44.2 Å². The van der Waals surface area contributed by atoms with E-state index >= 15 is 0 Å². The first kappa shape index (κ1) is 15.7. The van der Waals surface area contributed by atoms with E-state index in [0.717, 1.165) is 6.07 Å². The maximum absolute atomic E-state index is 12.2. The smallest absolute Gasteiger partial charge is 0.196 e. The maximum Gasteiger partial charge on any atom is 0.196 e. The highest BCUT2D eigenvalue weighted by atomic mass is 16.3. The van der Waals surface area contributed by atoms with Crippen molar-refractivity contribution in [1.82, 2.24) is 0 Å². The number of carbonyl (C=O) groups excluding carboxylic acids is 1. The van der Waals surface area contributed by atoms with Crippen molar-refractivity contribution in [1.29, 1.82) is 0 Å². The van der Waals surface area contributed by atoms with Gasteiger partial charge >= 0.3 is 0 Å². The average Bonchev–Trinajstić information content (AvgIpc) is 2.48. The number of aryl methyl sites for hydroxylation is 1. The van der Waals surface area contributed by atoms with E-state index in [1.54, 1.807) is 0 Å². The molecule has 0 fully saturated rings. The fourth-order valence-corrected chi connectivity index (χ4v) is 2.75. The molecule has 0 aliphatic carbocycles. The molecule has 122 valence electrons. The highest BCUT2D eigenvalue weighted by Gasteiger charge is 2.20. The number of fused-ring (bicyclic) bond motifs is 2. The van der Waals surface area contributed by atoms with Crippen molar-refractivity contribution in [2.45, 2.75) is 20.8 Å². The third-order valence-corrected chi connectivity index (χ3v) is 3.96. The molecule has 0 bridgehead atoms. The second-order valence-electron chi connectivity index (χ2n) is 5.71. The van der Waals surface area contributed by atoms with Crippen LogP contribution in [0.2, 0.25) is 0 Å². The molecule has 0 aliphatic heterocycles. The number of hydrogen-bond donors (Lipinski definition) is 2. The predicted molar refractivity (Wildman–Crippen MR) is 89.6 cm³/mol. The van der Waals surface area contributed by atoms with Gasteiger partial charge in [0, 0.05) is 6.07 Å². The van der Waals surface area contributed by atoms with Gasteiger partial charge in [0.05, 0.1) is 16.0 Å². The molecule has 1 heterocycles. The number of aromatic hydroxyl groups is 1. The van der Waals surface area contributed by atoms with E-state index in [1.807, 2.05) is 0 Å². The molecule has 2 N–H and O–H groups in total. The van der Waals surface area contributed by atoms with Crippen LogP contribution >= 0.6 is 0 Å². The zero-order chi connectivity index (χ0) is 17.8. The number of Topliss-reactive ketones (excluding diaryl/α,β-unsaturated/α-hetero) is 1. The molecule has 0 saturated carbocycles. The first-order valence-electron chi connectivity index (χ1n) is 7.20. The predicted octanol–water partition coefficient (Wildman–Crippen LogP) is 1.93. The van der Waals surface area contributed by atoms with Gasteiger partial charge in [-0.3, -0.25) is 14.4 Å². The summed E-state index contributed by atoms with van der Waals surface area (Å²) in [5.41, 5.74) is -0.868. The summed E-state index contributed by atoms with van der Waals surface area (Å²) in [7, 11) is 0. The van der Waals surface area contributed by atoms with Gasteiger partial charge in [0.15, 0.2) is 22.2 Å². The van der Waals surface area contributed by atoms with E-state index < -0.39 is 16.6 Å². The molecule has 3 aromatic rings. The molecule has 0 aliphatic rings. The van der Waals surface area contributed by atoms with Crippen LogP contribution in [0.25, 0.3) is 27.7 Å². The number of benzene rings is 2. The second kappa shape index (κ2) is 5.19. The normalized spacial score (nSPS) is 12.6. The van der Waals surface area contributed by atoms with Crippen molar-refractivity contribution in [3.63, 3.8) is 0 Å². The molecule has 0 atom stereocenters. The van der Waals surface area contributed by atoms with E-state index in [4.69, 9.17) is 4.42 Å². The van der Waals surface area contributed by atoms with E-state index in [1.165, 1.54) is 32.9 Å². The van der Waals surface area contributed by atoms with Gasteiger partial charge in [0.25, 0.3) is 0 Å². The van der Waals surface area contributed by atoms with Crippen molar-refractivity contribution in [2.75, 3.05) is 0 Å². The van der Waals surface area contributed by atoms with Gasteiger partial charge in [0.1, 0.15) is 22.7 Å². The van der Waals surface area contributed by atoms with Crippen LogP contribution in [0.5, 0.6) is 5.75 Å². The van der Waals surface area contributed by atoms with E-state index in [0.29, 0.717) is 5.56 Å². The number of rotatable bonds is 1. The molecule has 2 aromatic carbocycles. The molecule has 6 heteroatoms. The minimum Gasteiger partial charge on any atom is -0.512 e. The zero-order valence-corrected chi connectivity index (χ0v) is 13.3. The van der Waals surface area contributed by atoms with Gasteiger partial charge < -0.3 is 14.6 Å². The highest BCUT2D eigenvalue weighted by Crippen LogP contribution is 2.34. The Kier molecular flexibility index (Phi) is 3.41. The quantitative estimate of drug-likeness (QED) is 0.523. The summed E-state index contributed by atoms with van der Waals surface area (Å²) >= 11 is 0. The number of hydrogen-bond acceptors (Lipinski definition) is 6. The van der Waals surface area contributed by atoms with E-state index in [9.17, 15) is 24.6 Å². The Bertz CT molecular complexity index is 1200. The maximum atomic E-state index is 12.2. The summed E-state index contributed by atoms with van der Waals surface area (Å²) in [6, 6.07) is 3.86. The average molecular weight is 326 g/mol. The number of ketones is 1. The van der Waals surface area contributed by atoms with Crippen LogP contribution in [0.4, 0.5) is 0 Å². The molecule has 24 heavy (non-hydrogen) atoms. The molecule has 6 nitrogen and oxygen atoms in total. The Hall–Kier alpha value is -3.15. The highest BCUT2D eigenvalue weighted by molar-refractivity contribution is 6.09. The first-order chi connectivity index (χ1) is 11.2. The summed E-state index contributed by atoms with van der Waals surface area (Å²) in [6.07, 6.45) is 0. The topological polar surface area (TPSA) is 105 Å². The Balaban J connectivity index is 2.67. The third-order valence-electron chi connectivity index (χ3n) is 3.96. The SMILES string of the molecule is CC(=O)c1c(=O)c(C)cc2c(O)c3cc(=C(C)O)c(=O)cc3oc12. The van der Waals surface area contributed by atoms with Crippen LogP contribution in [0, 0.1) is 6.92 Å². The standard InChI is InChI=1S/C18H14O6/c1-7-4-12-17(23)11-5-10(8(2)19)13(21)6-14(11)24-18(12)15(9(3)20)16(7)22/h4-6,19,23H,1-3H3. The molecule has 0 unspecified atom stereocenters. The van der Waals surface area contributed by atoms with Crippen molar-refractivity contribution >= 4 is 33.5 Å². The van der Waals surface area contributed by atoms with Gasteiger partial charge in [-0.25, -0.2) is 0 Å². The van der Waals surface area contributed by atoms with Crippen LogP contribution < -0.4 is 16.1 Å². The van der Waals surface area contributed by atoms with Crippen LogP contribution in [-0.2, 0) is 0 Å². The van der Waals surface area contributed by atoms with Crippen molar-refractivity contribution < 1.29 is 19.4 Å². The van der Waals surface area contributed by atoms with Crippen molar-refractivity contribution in [3.05, 3.63) is 55.0 Å². The van der Waals surface area contributed by atoms with Crippen LogP contribution in [-0.4, -0.2) is 16.0 Å². The molecule has 0 saturated heterocycles. The van der Waals surface area contributed by atoms with E-state index in [2.05, 4.69) is 0 Å². The molecule has 0 spiro atoms. The van der Waals surface area contributed by atoms with Crippen LogP contribution in [0.3, 0.4) is 0 Å². The van der Waals surface area contributed by atoms with Crippen molar-refractivity contribution in [3.8, 4) is 5.75 Å². The summed E-state index contributed by atoms with van der Waals surface area (Å²) in [6.45, 7) is 4.13. The Morgan fingerprint density at radius 3 is 2.33 bits per heavy atom. The molecule has 0 radical (unpaired) electrons.